The molecule has 4 fully saturated rings. The van der Waals surface area contributed by atoms with E-state index in [0.29, 0.717) is 6.98 Å². The first-order valence-electron chi connectivity index (χ1n) is 25.8. The number of rotatable bonds is 23. The van der Waals surface area contributed by atoms with E-state index in [2.05, 4.69) is 219 Å². The summed E-state index contributed by atoms with van der Waals surface area (Å²) < 4.78 is 35.1. The predicted octanol–water partition coefficient (Wildman–Crippen LogP) is -1.33. The fourth-order valence-corrected chi connectivity index (χ4v) is 12.5. The molecule has 4 rings (SSSR count). The monoisotopic (exact) mass is 871 g/mol. The van der Waals surface area contributed by atoms with Gasteiger partial charge in [-0.25, -0.2) is 0 Å². The molecule has 0 bridgehead atoms. The first-order chi connectivity index (χ1) is 30.4. The third-order valence-electron chi connectivity index (χ3n) is 15.3. The molecule has 0 spiro atoms. The van der Waals surface area contributed by atoms with Crippen LogP contribution in [0.25, 0.3) is 0 Å². The highest BCUT2D eigenvalue weighted by Crippen LogP contribution is 2.29. The second kappa shape index (κ2) is 26.2. The van der Waals surface area contributed by atoms with E-state index in [9.17, 15) is 0 Å². The Bertz CT molecular complexity index is 1300. The standard InChI is InChI=1S/C33H90B12N18/c1-20-36-55(25-6)39(48-19)58(28-9)41(56(36)26-7)50-43-59(29-10)42(49-40-53(23-4)34(15)51(21-2)37(46-17)57(40)27-8)61(31-12)45(62(43)32-13)63(33-14)44-54(24-5)35(16)52(22-3)38(47-18)60(44)30-11/h46-50H,20-33H2,1-19H3. The molecule has 0 radical (unpaired) electrons. The van der Waals surface area contributed by atoms with Gasteiger partial charge < -0.3 is 87.3 Å². The van der Waals surface area contributed by atoms with Crippen LogP contribution in [0.15, 0.2) is 0 Å². The molecule has 18 nitrogen and oxygen atoms in total. The van der Waals surface area contributed by atoms with Crippen LogP contribution in [0, 0.1) is 0 Å². The van der Waals surface area contributed by atoms with Crippen LogP contribution in [0.1, 0.15) is 96.9 Å². The maximum atomic E-state index is 4.50. The van der Waals surface area contributed by atoms with Crippen LogP contribution in [-0.4, -0.2) is 253 Å². The van der Waals surface area contributed by atoms with Gasteiger partial charge in [-0.05, 0) is 113 Å². The average Bonchev–Trinajstić information content (AvgIpc) is 3.30. The first-order valence-corrected chi connectivity index (χ1v) is 25.8. The molecule has 5 N–H and O–H groups in total. The summed E-state index contributed by atoms with van der Waals surface area (Å²) in [4.78, 5) is 0. The third kappa shape index (κ3) is 10.5. The van der Waals surface area contributed by atoms with Crippen molar-refractivity contribution in [1.82, 2.24) is 87.3 Å². The van der Waals surface area contributed by atoms with Gasteiger partial charge >= 0.3 is 64.1 Å². The average molecular weight is 869 g/mol. The van der Waals surface area contributed by atoms with Gasteiger partial charge in [0.05, 0.1) is 0 Å². The molecule has 63 heavy (non-hydrogen) atoms. The molecule has 348 valence electrons. The Morgan fingerprint density at radius 1 is 0.317 bits per heavy atom. The van der Waals surface area contributed by atoms with Crippen LogP contribution in [0.4, 0.5) is 0 Å². The normalized spacial score (nSPS) is 22.1. The zero-order valence-electron chi connectivity index (χ0n) is 44.1. The molecule has 0 aliphatic carbocycles. The van der Waals surface area contributed by atoms with Gasteiger partial charge in [-0.2, -0.15) is 0 Å². The molecule has 0 amide bonds. The summed E-state index contributed by atoms with van der Waals surface area (Å²) in [7, 11) is 6.59. The highest BCUT2D eigenvalue weighted by atomic mass is 15.5. The summed E-state index contributed by atoms with van der Waals surface area (Å²) >= 11 is 0. The van der Waals surface area contributed by atoms with E-state index in [1.165, 1.54) is 0 Å². The molecule has 0 aromatic heterocycles. The van der Waals surface area contributed by atoms with Gasteiger partial charge in [-0.15, -0.1) is 0 Å². The fraction of sp³-hybridized carbons (Fsp3) is 1.00. The lowest BCUT2D eigenvalue weighted by molar-refractivity contribution is 0.354. The van der Waals surface area contributed by atoms with Crippen LogP contribution in [0.2, 0.25) is 20.0 Å². The molecule has 0 unspecified atom stereocenters. The minimum absolute atomic E-state index is 0.00103. The third-order valence-corrected chi connectivity index (χ3v) is 15.3. The van der Waals surface area contributed by atoms with Crippen molar-refractivity contribution in [1.29, 1.82) is 0 Å². The lowest BCUT2D eigenvalue weighted by Crippen LogP contribution is -2.94. The van der Waals surface area contributed by atoms with Crippen LogP contribution < -0.4 is 26.0 Å². The van der Waals surface area contributed by atoms with Crippen molar-refractivity contribution in [2.75, 3.05) is 106 Å². The quantitative estimate of drug-likeness (QED) is 0.0785. The Morgan fingerprint density at radius 3 is 0.921 bits per heavy atom. The molecule has 4 saturated heterocycles. The van der Waals surface area contributed by atoms with Crippen molar-refractivity contribution in [3.05, 3.63) is 0 Å². The molecule has 0 saturated carbocycles. The molecule has 0 aromatic carbocycles. The van der Waals surface area contributed by atoms with E-state index in [1.54, 1.807) is 0 Å². The Kier molecular flexibility index (Phi) is 23.1. The molecule has 4 aliphatic rings. The molecule has 0 aromatic rings. The van der Waals surface area contributed by atoms with Crippen molar-refractivity contribution in [2.24, 2.45) is 0 Å². The van der Waals surface area contributed by atoms with E-state index in [4.69, 9.17) is 0 Å². The second-order valence-corrected chi connectivity index (χ2v) is 17.5. The van der Waals surface area contributed by atoms with E-state index in [1.807, 2.05) is 0 Å². The fourth-order valence-electron chi connectivity index (χ4n) is 12.5. The van der Waals surface area contributed by atoms with Gasteiger partial charge in [0.15, 0.2) is 0 Å². The summed E-state index contributed by atoms with van der Waals surface area (Å²) in [5.74, 6) is 0. The van der Waals surface area contributed by atoms with Crippen LogP contribution >= 0.6 is 0 Å². The molecule has 4 heterocycles. The highest BCUT2D eigenvalue weighted by molar-refractivity contribution is 6.96. The van der Waals surface area contributed by atoms with Crippen LogP contribution in [-0.2, 0) is 0 Å². The molecular formula is C33H90B12N18. The topological polar surface area (TPSA) is 102 Å². The van der Waals surface area contributed by atoms with Gasteiger partial charge in [0.25, 0.3) is 20.9 Å². The van der Waals surface area contributed by atoms with Crippen molar-refractivity contribution < 1.29 is 0 Å². The van der Waals surface area contributed by atoms with Gasteiger partial charge in [0, 0.05) is 0 Å². The van der Waals surface area contributed by atoms with Crippen molar-refractivity contribution in [2.45, 2.75) is 117 Å². The minimum Gasteiger partial charge on any atom is -0.343 e. The van der Waals surface area contributed by atoms with Crippen molar-refractivity contribution >= 4 is 85.0 Å². The Hall–Kier alpha value is 0.0592. The van der Waals surface area contributed by atoms with Gasteiger partial charge in [0.1, 0.15) is 0 Å². The van der Waals surface area contributed by atoms with Gasteiger partial charge in [0.2, 0.25) is 0 Å². The number of nitrogens with one attached hydrogen (secondary N) is 5. The zero-order chi connectivity index (χ0) is 46.9. The van der Waals surface area contributed by atoms with E-state index in [-0.39, 0.29) is 78.0 Å². The highest BCUT2D eigenvalue weighted by Gasteiger charge is 2.63. The molecule has 0 atom stereocenters. The molecule has 30 heteroatoms. The summed E-state index contributed by atoms with van der Waals surface area (Å²) in [5, 5.41) is 20.3. The lowest BCUT2D eigenvalue weighted by Gasteiger charge is -2.62. The van der Waals surface area contributed by atoms with Crippen LogP contribution in [0.3, 0.4) is 0 Å². The van der Waals surface area contributed by atoms with E-state index in [0.717, 1.165) is 91.4 Å². The SMILES string of the molecule is CCB1N(CC)B(NC)N(CC)B(NB2N(CC)B(NB3N(CC)B(C)N(CC)B(NC)N3CC)N(CC)B(N(CC)B3N(CC)B(C)N(CC)B(NC)N3CC)N2CC)N1CC. The van der Waals surface area contributed by atoms with E-state index >= 15 is 0 Å². The predicted molar refractivity (Wildman–Crippen MR) is 286 cm³/mol. The Morgan fingerprint density at radius 2 is 0.571 bits per heavy atom. The largest absolute Gasteiger partial charge is 0.380 e. The summed E-state index contributed by atoms with van der Waals surface area (Å²) in [6.45, 7) is 50.5. The van der Waals surface area contributed by atoms with Gasteiger partial charge in [-0.1, -0.05) is 111 Å². The number of hydrogen-bond donors (Lipinski definition) is 5. The lowest BCUT2D eigenvalue weighted by atomic mass is 9.44. The zero-order valence-corrected chi connectivity index (χ0v) is 44.1. The number of hydrogen-bond acceptors (Lipinski definition) is 18. The maximum absolute atomic E-state index is 4.50. The minimum atomic E-state index is -0.0910. The van der Waals surface area contributed by atoms with E-state index < -0.39 is 0 Å². The van der Waals surface area contributed by atoms with Gasteiger partial charge in [-0.3, -0.25) is 0 Å². The Labute approximate surface area is 394 Å². The van der Waals surface area contributed by atoms with Crippen molar-refractivity contribution in [3.8, 4) is 0 Å². The summed E-state index contributed by atoms with van der Waals surface area (Å²) in [6.07, 6.45) is 1.05. The molecule has 4 aliphatic heterocycles. The summed E-state index contributed by atoms with van der Waals surface area (Å²) in [5.41, 5.74) is 0. The van der Waals surface area contributed by atoms with Crippen molar-refractivity contribution in [3.63, 3.8) is 0 Å². The second-order valence-electron chi connectivity index (χ2n) is 17.5. The smallest absolute Gasteiger partial charge is 0.343 e. The molecular weight excluding hydrogens is 778 g/mol. The maximum Gasteiger partial charge on any atom is 0.380 e. The first kappa shape index (κ1) is 55.7. The number of nitrogens with zero attached hydrogens (tertiary/aromatic N) is 13. The Balaban J connectivity index is 2.01. The van der Waals surface area contributed by atoms with Crippen LogP contribution in [0.5, 0.6) is 0 Å². The summed E-state index contributed by atoms with van der Waals surface area (Å²) in [6, 6.07) is 0.